The van der Waals surface area contributed by atoms with Crippen molar-refractivity contribution in [3.05, 3.63) is 22.2 Å². The number of hydrogen-bond acceptors (Lipinski definition) is 4. The van der Waals surface area contributed by atoms with Crippen LogP contribution >= 0.6 is 27.7 Å². The van der Waals surface area contributed by atoms with Crippen molar-refractivity contribution in [2.45, 2.75) is 11.9 Å². The number of rotatable bonds is 5. The van der Waals surface area contributed by atoms with Gasteiger partial charge in [0, 0.05) is 10.2 Å². The molecule has 1 amide bonds. The number of benzene rings is 1. The van der Waals surface area contributed by atoms with Gasteiger partial charge < -0.3 is 14.8 Å². The Morgan fingerprint density at radius 1 is 1.33 bits per heavy atom. The normalized spacial score (nSPS) is 13.3. The Labute approximate surface area is 131 Å². The van der Waals surface area contributed by atoms with Gasteiger partial charge in [0.05, 0.1) is 5.75 Å². The van der Waals surface area contributed by atoms with Crippen LogP contribution in [0.4, 0.5) is 13.2 Å². The van der Waals surface area contributed by atoms with Crippen LogP contribution in [0.1, 0.15) is 5.56 Å². The summed E-state index contributed by atoms with van der Waals surface area (Å²) >= 11 is 4.59. The zero-order valence-corrected chi connectivity index (χ0v) is 13.0. The zero-order chi connectivity index (χ0) is 15.5. The van der Waals surface area contributed by atoms with Crippen molar-refractivity contribution in [2.75, 3.05) is 19.1 Å². The lowest BCUT2D eigenvalue weighted by Crippen LogP contribution is -2.34. The number of carbonyl (C=O) groups is 1. The van der Waals surface area contributed by atoms with E-state index in [1.807, 2.05) is 5.32 Å². The maximum absolute atomic E-state index is 11.9. The standard InChI is InChI=1S/C12H11BrF3NO3S/c13-8-2-10-9(19-6-20-10)1-7(8)3-21-4-11(18)17-5-12(14,15)16/h1-2H,3-6H2,(H,17,18). The van der Waals surface area contributed by atoms with Gasteiger partial charge in [0.15, 0.2) is 11.5 Å². The monoisotopic (exact) mass is 385 g/mol. The van der Waals surface area contributed by atoms with Crippen LogP contribution in [0.25, 0.3) is 0 Å². The van der Waals surface area contributed by atoms with Crippen LogP contribution in [0.5, 0.6) is 11.5 Å². The van der Waals surface area contributed by atoms with Crippen molar-refractivity contribution in [3.63, 3.8) is 0 Å². The molecule has 0 unspecified atom stereocenters. The first kappa shape index (κ1) is 16.3. The highest BCUT2D eigenvalue weighted by Crippen LogP contribution is 2.38. The smallest absolute Gasteiger partial charge is 0.405 e. The molecule has 0 fully saturated rings. The summed E-state index contributed by atoms with van der Waals surface area (Å²) in [4.78, 5) is 11.3. The lowest BCUT2D eigenvalue weighted by molar-refractivity contribution is -0.136. The third kappa shape index (κ3) is 4.99. The molecule has 1 aromatic rings. The van der Waals surface area contributed by atoms with Crippen LogP contribution in [0, 0.1) is 0 Å². The average Bonchev–Trinajstić information content (AvgIpc) is 2.83. The minimum Gasteiger partial charge on any atom is -0.454 e. The number of amides is 1. The molecule has 0 saturated carbocycles. The van der Waals surface area contributed by atoms with Gasteiger partial charge in [-0.25, -0.2) is 0 Å². The van der Waals surface area contributed by atoms with Crippen molar-refractivity contribution in [1.29, 1.82) is 0 Å². The number of fused-ring (bicyclic) bond motifs is 1. The molecule has 1 N–H and O–H groups in total. The van der Waals surface area contributed by atoms with E-state index in [4.69, 9.17) is 9.47 Å². The van der Waals surface area contributed by atoms with Crippen molar-refractivity contribution in [1.82, 2.24) is 5.32 Å². The van der Waals surface area contributed by atoms with Crippen LogP contribution in [-0.4, -0.2) is 31.2 Å². The second kappa shape index (κ2) is 6.78. The summed E-state index contributed by atoms with van der Waals surface area (Å²) < 4.78 is 47.0. The maximum Gasteiger partial charge on any atom is 0.405 e. The third-order valence-electron chi connectivity index (χ3n) is 2.52. The molecule has 9 heteroatoms. The third-order valence-corrected chi connectivity index (χ3v) is 4.24. The summed E-state index contributed by atoms with van der Waals surface area (Å²) in [6.45, 7) is -1.14. The quantitative estimate of drug-likeness (QED) is 0.845. The van der Waals surface area contributed by atoms with E-state index in [9.17, 15) is 18.0 Å². The van der Waals surface area contributed by atoms with Gasteiger partial charge >= 0.3 is 6.18 Å². The van der Waals surface area contributed by atoms with Crippen molar-refractivity contribution in [2.24, 2.45) is 0 Å². The summed E-state index contributed by atoms with van der Waals surface area (Å²) in [5, 5.41) is 1.82. The molecule has 0 bridgehead atoms. The molecule has 1 aliphatic rings. The van der Waals surface area contributed by atoms with Crippen LogP contribution < -0.4 is 14.8 Å². The first-order chi connectivity index (χ1) is 9.85. The van der Waals surface area contributed by atoms with E-state index in [0.29, 0.717) is 17.3 Å². The fraction of sp³-hybridized carbons (Fsp3) is 0.417. The highest BCUT2D eigenvalue weighted by Gasteiger charge is 2.27. The summed E-state index contributed by atoms with van der Waals surface area (Å²) in [5.41, 5.74) is 0.882. The van der Waals surface area contributed by atoms with Gasteiger partial charge in [0.25, 0.3) is 0 Å². The van der Waals surface area contributed by atoms with Gasteiger partial charge in [-0.3, -0.25) is 4.79 Å². The van der Waals surface area contributed by atoms with Gasteiger partial charge in [-0.1, -0.05) is 15.9 Å². The first-order valence-corrected chi connectivity index (χ1v) is 7.79. The predicted molar refractivity (Wildman–Crippen MR) is 75.5 cm³/mol. The van der Waals surface area contributed by atoms with E-state index in [1.54, 1.807) is 12.1 Å². The lowest BCUT2D eigenvalue weighted by atomic mass is 10.2. The van der Waals surface area contributed by atoms with E-state index >= 15 is 0 Å². The van der Waals surface area contributed by atoms with E-state index in [1.165, 1.54) is 11.8 Å². The topological polar surface area (TPSA) is 47.6 Å². The molecule has 0 atom stereocenters. The highest BCUT2D eigenvalue weighted by atomic mass is 79.9. The fourth-order valence-electron chi connectivity index (χ4n) is 1.57. The molecular formula is C12H11BrF3NO3S. The summed E-state index contributed by atoms with van der Waals surface area (Å²) in [6.07, 6.45) is -4.39. The molecule has 2 rings (SSSR count). The van der Waals surface area contributed by atoms with Crippen LogP contribution in [0.2, 0.25) is 0 Å². The zero-order valence-electron chi connectivity index (χ0n) is 10.6. The number of ether oxygens (including phenoxy) is 2. The van der Waals surface area contributed by atoms with Gasteiger partial charge in [-0.05, 0) is 17.7 Å². The largest absolute Gasteiger partial charge is 0.454 e. The van der Waals surface area contributed by atoms with Gasteiger partial charge in [-0.2, -0.15) is 13.2 Å². The number of alkyl halides is 3. The van der Waals surface area contributed by atoms with Gasteiger partial charge in [-0.15, -0.1) is 11.8 Å². The molecule has 4 nitrogen and oxygen atoms in total. The fourth-order valence-corrected chi connectivity index (χ4v) is 3.07. The van der Waals surface area contributed by atoms with Crippen LogP contribution in [-0.2, 0) is 10.5 Å². The molecule has 0 radical (unpaired) electrons. The lowest BCUT2D eigenvalue weighted by Gasteiger charge is -2.09. The molecule has 1 heterocycles. The maximum atomic E-state index is 11.9. The van der Waals surface area contributed by atoms with Crippen molar-refractivity contribution < 1.29 is 27.4 Å². The molecule has 1 aliphatic heterocycles. The van der Waals surface area contributed by atoms with E-state index in [2.05, 4.69) is 15.9 Å². The Kier molecular flexibility index (Phi) is 5.26. The SMILES string of the molecule is O=C(CSCc1cc2c(cc1Br)OCO2)NCC(F)(F)F. The van der Waals surface area contributed by atoms with Crippen molar-refractivity contribution in [3.8, 4) is 11.5 Å². The number of hydrogen-bond donors (Lipinski definition) is 1. The minimum atomic E-state index is -4.39. The number of thioether (sulfide) groups is 1. The number of halogens is 4. The number of nitrogens with one attached hydrogen (secondary N) is 1. The predicted octanol–water partition coefficient (Wildman–Crippen LogP) is 3.09. The van der Waals surface area contributed by atoms with Gasteiger partial charge in [0.1, 0.15) is 6.54 Å². The molecular weight excluding hydrogens is 375 g/mol. The minimum absolute atomic E-state index is 0.0447. The average molecular weight is 386 g/mol. The van der Waals surface area contributed by atoms with Crippen molar-refractivity contribution >= 4 is 33.6 Å². The second-order valence-electron chi connectivity index (χ2n) is 4.18. The van der Waals surface area contributed by atoms with Gasteiger partial charge in [0.2, 0.25) is 12.7 Å². The molecule has 0 aliphatic carbocycles. The Morgan fingerprint density at radius 2 is 2.00 bits per heavy atom. The molecule has 0 saturated heterocycles. The molecule has 0 aromatic heterocycles. The Balaban J connectivity index is 1.80. The second-order valence-corrected chi connectivity index (χ2v) is 6.02. The Bertz CT molecular complexity index is 539. The number of carbonyl (C=O) groups excluding carboxylic acids is 1. The van der Waals surface area contributed by atoms with E-state index in [-0.39, 0.29) is 12.5 Å². The van der Waals surface area contributed by atoms with Crippen LogP contribution in [0.15, 0.2) is 16.6 Å². The summed E-state index contributed by atoms with van der Waals surface area (Å²) in [5.74, 6) is 1.04. The Morgan fingerprint density at radius 3 is 2.67 bits per heavy atom. The molecule has 1 aromatic carbocycles. The molecule has 21 heavy (non-hydrogen) atoms. The van der Waals surface area contributed by atoms with E-state index in [0.717, 1.165) is 10.0 Å². The highest BCUT2D eigenvalue weighted by molar-refractivity contribution is 9.10. The molecule has 0 spiro atoms. The first-order valence-electron chi connectivity index (χ1n) is 5.84. The van der Waals surface area contributed by atoms with Crippen LogP contribution in [0.3, 0.4) is 0 Å². The summed E-state index contributed by atoms with van der Waals surface area (Å²) in [6, 6.07) is 3.55. The van der Waals surface area contributed by atoms with E-state index < -0.39 is 18.6 Å². The Hall–Kier alpha value is -1.09. The molecule has 116 valence electrons. The summed E-state index contributed by atoms with van der Waals surface area (Å²) in [7, 11) is 0.